The van der Waals surface area contributed by atoms with Gasteiger partial charge in [0.1, 0.15) is 0 Å². The van der Waals surface area contributed by atoms with Gasteiger partial charge in [-0.15, -0.1) is 11.3 Å². The van der Waals surface area contributed by atoms with E-state index >= 15 is 0 Å². The molecule has 1 aromatic heterocycles. The van der Waals surface area contributed by atoms with Crippen molar-refractivity contribution in [1.29, 1.82) is 0 Å². The molecule has 0 bridgehead atoms. The Balaban J connectivity index is 2.43. The lowest BCUT2D eigenvalue weighted by Gasteiger charge is -2.18. The predicted molar refractivity (Wildman–Crippen MR) is 46.0 cm³/mol. The molecule has 1 aromatic rings. The lowest BCUT2D eigenvalue weighted by Crippen LogP contribution is -2.19. The first kappa shape index (κ1) is 6.85. The molecule has 0 aromatic carbocycles. The molecule has 2 nitrogen and oxygen atoms in total. The number of rotatable bonds is 0. The van der Waals surface area contributed by atoms with Gasteiger partial charge < -0.3 is 5.32 Å². The van der Waals surface area contributed by atoms with Gasteiger partial charge in [-0.2, -0.15) is 0 Å². The number of thiophene rings is 1. The van der Waals surface area contributed by atoms with Crippen molar-refractivity contribution in [1.82, 2.24) is 0 Å². The first-order valence-corrected chi connectivity index (χ1v) is 4.52. The van der Waals surface area contributed by atoms with E-state index in [1.165, 1.54) is 4.88 Å². The standard InChI is InChI=1S/C8H9NOS/c1-5-4-7(10)9-6-2-3-11-8(5)6/h2-3,5H,4H2,1H3,(H,9,10). The van der Waals surface area contributed by atoms with Crippen molar-refractivity contribution in [2.45, 2.75) is 19.3 Å². The summed E-state index contributed by atoms with van der Waals surface area (Å²) in [6.45, 7) is 2.09. The molecule has 3 heteroatoms. The number of fused-ring (bicyclic) bond motifs is 1. The Labute approximate surface area is 69.2 Å². The quantitative estimate of drug-likeness (QED) is 0.630. The van der Waals surface area contributed by atoms with E-state index < -0.39 is 0 Å². The Kier molecular flexibility index (Phi) is 1.46. The summed E-state index contributed by atoms with van der Waals surface area (Å²) in [5.41, 5.74) is 1.01. The average Bonchev–Trinajstić information content (AvgIpc) is 2.34. The largest absolute Gasteiger partial charge is 0.325 e. The number of carbonyl (C=O) groups is 1. The molecule has 0 spiro atoms. The van der Waals surface area contributed by atoms with Crippen LogP contribution in [0.15, 0.2) is 11.4 Å². The number of nitrogens with one attached hydrogen (secondary N) is 1. The SMILES string of the molecule is CC1CC(=O)Nc2ccsc21. The van der Waals surface area contributed by atoms with Crippen LogP contribution in [0.3, 0.4) is 0 Å². The zero-order valence-electron chi connectivity index (χ0n) is 6.26. The summed E-state index contributed by atoms with van der Waals surface area (Å²) in [6.07, 6.45) is 0.632. The molecule has 58 valence electrons. The smallest absolute Gasteiger partial charge is 0.225 e. The molecule has 1 atom stereocenters. The maximum absolute atomic E-state index is 11.0. The van der Waals surface area contributed by atoms with Crippen LogP contribution in [-0.2, 0) is 4.79 Å². The second-order valence-corrected chi connectivity index (χ2v) is 3.80. The number of anilines is 1. The number of hydrogen-bond acceptors (Lipinski definition) is 2. The van der Waals surface area contributed by atoms with Crippen LogP contribution < -0.4 is 5.32 Å². The van der Waals surface area contributed by atoms with Crippen LogP contribution in [0, 0.1) is 0 Å². The maximum atomic E-state index is 11.0. The molecule has 1 aliphatic rings. The molecule has 2 rings (SSSR count). The van der Waals surface area contributed by atoms with E-state index in [0.29, 0.717) is 12.3 Å². The lowest BCUT2D eigenvalue weighted by atomic mass is 10.0. The summed E-state index contributed by atoms with van der Waals surface area (Å²) in [7, 11) is 0. The van der Waals surface area contributed by atoms with Crippen LogP contribution in [-0.4, -0.2) is 5.91 Å². The van der Waals surface area contributed by atoms with E-state index in [-0.39, 0.29) is 5.91 Å². The number of hydrogen-bond donors (Lipinski definition) is 1. The fourth-order valence-corrected chi connectivity index (χ4v) is 2.29. The van der Waals surface area contributed by atoms with Crippen LogP contribution in [0.2, 0.25) is 0 Å². The summed E-state index contributed by atoms with van der Waals surface area (Å²) in [5.74, 6) is 0.544. The normalized spacial score (nSPS) is 22.6. The van der Waals surface area contributed by atoms with Crippen LogP contribution in [0.25, 0.3) is 0 Å². The Bertz CT molecular complexity index is 292. The van der Waals surface area contributed by atoms with Gasteiger partial charge in [0.2, 0.25) is 5.91 Å². The van der Waals surface area contributed by atoms with Crippen LogP contribution in [0.1, 0.15) is 24.1 Å². The average molecular weight is 167 g/mol. The highest BCUT2D eigenvalue weighted by Gasteiger charge is 2.21. The van der Waals surface area contributed by atoms with Gasteiger partial charge in [0, 0.05) is 17.2 Å². The van der Waals surface area contributed by atoms with Crippen molar-refractivity contribution < 1.29 is 4.79 Å². The van der Waals surface area contributed by atoms with Gasteiger partial charge >= 0.3 is 0 Å². The summed E-state index contributed by atoms with van der Waals surface area (Å²) in [5, 5.41) is 4.86. The lowest BCUT2D eigenvalue weighted by molar-refractivity contribution is -0.116. The van der Waals surface area contributed by atoms with Gasteiger partial charge in [0.05, 0.1) is 5.69 Å². The molecule has 11 heavy (non-hydrogen) atoms. The van der Waals surface area contributed by atoms with Gasteiger partial charge in [-0.3, -0.25) is 4.79 Å². The van der Waals surface area contributed by atoms with Gasteiger partial charge in [0.25, 0.3) is 0 Å². The van der Waals surface area contributed by atoms with Crippen molar-refractivity contribution >= 4 is 22.9 Å². The van der Waals surface area contributed by atoms with Crippen LogP contribution in [0.4, 0.5) is 5.69 Å². The highest BCUT2D eigenvalue weighted by atomic mass is 32.1. The van der Waals surface area contributed by atoms with Gasteiger partial charge in [-0.1, -0.05) is 6.92 Å². The molecule has 1 amide bonds. The topological polar surface area (TPSA) is 29.1 Å². The molecule has 0 fully saturated rings. The summed E-state index contributed by atoms with van der Waals surface area (Å²) >= 11 is 1.72. The first-order chi connectivity index (χ1) is 5.27. The molecule has 1 N–H and O–H groups in total. The van der Waals surface area contributed by atoms with Crippen molar-refractivity contribution in [3.63, 3.8) is 0 Å². The van der Waals surface area contributed by atoms with Gasteiger partial charge in [0.15, 0.2) is 0 Å². The molecular weight excluding hydrogens is 158 g/mol. The first-order valence-electron chi connectivity index (χ1n) is 3.64. The molecule has 0 aliphatic carbocycles. The third-order valence-corrected chi connectivity index (χ3v) is 3.06. The minimum atomic E-state index is 0.142. The Hall–Kier alpha value is -0.830. The van der Waals surface area contributed by atoms with E-state index in [1.54, 1.807) is 11.3 Å². The molecule has 1 aliphatic heterocycles. The highest BCUT2D eigenvalue weighted by Crippen LogP contribution is 2.35. The molecule has 0 radical (unpaired) electrons. The molecule has 1 unspecified atom stereocenters. The summed E-state index contributed by atoms with van der Waals surface area (Å²) in [6, 6.07) is 1.97. The van der Waals surface area contributed by atoms with Gasteiger partial charge in [-0.25, -0.2) is 0 Å². The second-order valence-electron chi connectivity index (χ2n) is 2.85. The Morgan fingerprint density at radius 3 is 3.36 bits per heavy atom. The third kappa shape index (κ3) is 1.05. The van der Waals surface area contributed by atoms with Crippen molar-refractivity contribution in [2.75, 3.05) is 5.32 Å². The fourth-order valence-electron chi connectivity index (χ4n) is 1.38. The minimum absolute atomic E-state index is 0.142. The van der Waals surface area contributed by atoms with Crippen molar-refractivity contribution in [3.05, 3.63) is 16.3 Å². The molecule has 2 heterocycles. The van der Waals surface area contributed by atoms with Crippen molar-refractivity contribution in [2.24, 2.45) is 0 Å². The number of amides is 1. The maximum Gasteiger partial charge on any atom is 0.225 e. The van der Waals surface area contributed by atoms with E-state index in [1.807, 2.05) is 11.4 Å². The zero-order valence-corrected chi connectivity index (χ0v) is 7.07. The molecule has 0 saturated heterocycles. The fraction of sp³-hybridized carbons (Fsp3) is 0.375. The summed E-state index contributed by atoms with van der Waals surface area (Å²) < 4.78 is 0. The van der Waals surface area contributed by atoms with Crippen LogP contribution >= 0.6 is 11.3 Å². The minimum Gasteiger partial charge on any atom is -0.325 e. The van der Waals surface area contributed by atoms with Crippen LogP contribution in [0.5, 0.6) is 0 Å². The Morgan fingerprint density at radius 1 is 1.73 bits per heavy atom. The van der Waals surface area contributed by atoms with Gasteiger partial charge in [-0.05, 0) is 11.4 Å². The second kappa shape index (κ2) is 2.34. The third-order valence-electron chi connectivity index (χ3n) is 1.91. The van der Waals surface area contributed by atoms with E-state index in [4.69, 9.17) is 0 Å². The zero-order chi connectivity index (χ0) is 7.84. The number of carbonyl (C=O) groups excluding carboxylic acids is 1. The highest BCUT2D eigenvalue weighted by molar-refractivity contribution is 7.10. The molecule has 0 saturated carbocycles. The van der Waals surface area contributed by atoms with Crippen molar-refractivity contribution in [3.8, 4) is 0 Å². The monoisotopic (exact) mass is 167 g/mol. The van der Waals surface area contributed by atoms with E-state index in [0.717, 1.165) is 5.69 Å². The summed E-state index contributed by atoms with van der Waals surface area (Å²) in [4.78, 5) is 12.3. The van der Waals surface area contributed by atoms with E-state index in [2.05, 4.69) is 12.2 Å². The Morgan fingerprint density at radius 2 is 2.55 bits per heavy atom. The molecular formula is C8H9NOS. The van der Waals surface area contributed by atoms with E-state index in [9.17, 15) is 4.79 Å². The predicted octanol–water partition coefficient (Wildman–Crippen LogP) is 2.19.